The Morgan fingerprint density at radius 2 is 1.84 bits per heavy atom. The summed E-state index contributed by atoms with van der Waals surface area (Å²) in [4.78, 5) is 23.2. The number of ether oxygens (including phenoxy) is 1. The van der Waals surface area contributed by atoms with Gasteiger partial charge in [-0.3, -0.25) is 4.79 Å². The number of methoxy groups -OCH3 is 1. The fourth-order valence-corrected chi connectivity index (χ4v) is 2.64. The Hall–Kier alpha value is -2.24. The average Bonchev–Trinajstić information content (AvgIpc) is 2.58. The van der Waals surface area contributed by atoms with Crippen LogP contribution in [0.4, 0.5) is 5.69 Å². The third-order valence-electron chi connectivity index (χ3n) is 3.58. The van der Waals surface area contributed by atoms with Crippen LogP contribution in [0.5, 0.6) is 5.75 Å². The SMILES string of the molecule is COc1cc(NC(=O)CCCc2ccc(Cl)cc2)c(Cl)cc1C(=O)O. The number of aromatic carboxylic acids is 1. The van der Waals surface area contributed by atoms with Gasteiger partial charge in [-0.2, -0.15) is 0 Å². The normalized spacial score (nSPS) is 10.4. The topological polar surface area (TPSA) is 75.6 Å². The number of hydrogen-bond donors (Lipinski definition) is 2. The highest BCUT2D eigenvalue weighted by molar-refractivity contribution is 6.34. The molecule has 0 radical (unpaired) electrons. The first-order valence-corrected chi connectivity index (χ1v) is 8.31. The monoisotopic (exact) mass is 381 g/mol. The van der Waals surface area contributed by atoms with Crippen molar-refractivity contribution in [3.8, 4) is 5.75 Å². The largest absolute Gasteiger partial charge is 0.496 e. The van der Waals surface area contributed by atoms with Crippen molar-refractivity contribution in [2.45, 2.75) is 19.3 Å². The second kappa shape index (κ2) is 8.74. The predicted molar refractivity (Wildman–Crippen MR) is 98.0 cm³/mol. The molecule has 0 aliphatic heterocycles. The molecule has 2 aromatic carbocycles. The van der Waals surface area contributed by atoms with Gasteiger partial charge in [0.05, 0.1) is 17.8 Å². The molecule has 0 unspecified atom stereocenters. The number of carboxylic acids is 1. The number of carbonyl (C=O) groups is 2. The summed E-state index contributed by atoms with van der Waals surface area (Å²) in [5.74, 6) is -1.23. The van der Waals surface area contributed by atoms with Crippen LogP contribution in [0.1, 0.15) is 28.8 Å². The van der Waals surface area contributed by atoms with Gasteiger partial charge in [0.2, 0.25) is 5.91 Å². The van der Waals surface area contributed by atoms with Crippen LogP contribution in [0.3, 0.4) is 0 Å². The fraction of sp³-hybridized carbons (Fsp3) is 0.222. The number of rotatable bonds is 7. The minimum absolute atomic E-state index is 0.0618. The number of amides is 1. The predicted octanol–water partition coefficient (Wildman–Crippen LogP) is 4.66. The first kappa shape index (κ1) is 19.1. The molecule has 0 fully saturated rings. The molecule has 0 aromatic heterocycles. The molecule has 0 aliphatic rings. The van der Waals surface area contributed by atoms with Gasteiger partial charge in [-0.1, -0.05) is 35.3 Å². The van der Waals surface area contributed by atoms with E-state index >= 15 is 0 Å². The second-order valence-corrected chi connectivity index (χ2v) is 6.21. The van der Waals surface area contributed by atoms with Gasteiger partial charge in [0.1, 0.15) is 11.3 Å². The zero-order valence-electron chi connectivity index (χ0n) is 13.5. The van der Waals surface area contributed by atoms with E-state index in [0.717, 1.165) is 12.0 Å². The van der Waals surface area contributed by atoms with E-state index < -0.39 is 5.97 Å². The van der Waals surface area contributed by atoms with Crippen molar-refractivity contribution in [3.63, 3.8) is 0 Å². The summed E-state index contributed by atoms with van der Waals surface area (Å²) in [6.45, 7) is 0. The molecule has 7 heteroatoms. The Labute approximate surface area is 155 Å². The standard InChI is InChI=1S/C18H17Cl2NO4/c1-25-16-10-15(14(20)9-13(16)18(23)24)21-17(22)4-2-3-11-5-7-12(19)8-6-11/h5-10H,2-4H2,1H3,(H,21,22)(H,23,24). The van der Waals surface area contributed by atoms with Gasteiger partial charge >= 0.3 is 5.97 Å². The molecule has 0 heterocycles. The Morgan fingerprint density at radius 1 is 1.16 bits per heavy atom. The van der Waals surface area contributed by atoms with E-state index in [4.69, 9.17) is 33.0 Å². The highest BCUT2D eigenvalue weighted by Crippen LogP contribution is 2.31. The summed E-state index contributed by atoms with van der Waals surface area (Å²) in [7, 11) is 1.35. The number of anilines is 1. The zero-order chi connectivity index (χ0) is 18.4. The lowest BCUT2D eigenvalue weighted by Crippen LogP contribution is -2.12. The number of nitrogens with one attached hydrogen (secondary N) is 1. The molecule has 0 spiro atoms. The third-order valence-corrected chi connectivity index (χ3v) is 4.14. The van der Waals surface area contributed by atoms with Crippen LogP contribution < -0.4 is 10.1 Å². The quantitative estimate of drug-likeness (QED) is 0.730. The van der Waals surface area contributed by atoms with Crippen LogP contribution in [0, 0.1) is 0 Å². The van der Waals surface area contributed by atoms with Crippen LogP contribution in [0.2, 0.25) is 10.0 Å². The highest BCUT2D eigenvalue weighted by Gasteiger charge is 2.16. The molecule has 5 nitrogen and oxygen atoms in total. The summed E-state index contributed by atoms with van der Waals surface area (Å²) < 4.78 is 5.03. The van der Waals surface area contributed by atoms with E-state index in [1.165, 1.54) is 19.2 Å². The van der Waals surface area contributed by atoms with Crippen LogP contribution in [0.25, 0.3) is 0 Å². The molecule has 2 aromatic rings. The lowest BCUT2D eigenvalue weighted by Gasteiger charge is -2.11. The molecule has 1 amide bonds. The van der Waals surface area contributed by atoms with Crippen LogP contribution in [0.15, 0.2) is 36.4 Å². The molecule has 0 bridgehead atoms. The molecule has 0 atom stereocenters. The van der Waals surface area contributed by atoms with E-state index in [-0.39, 0.29) is 22.2 Å². The molecular formula is C18H17Cl2NO4. The van der Waals surface area contributed by atoms with E-state index in [9.17, 15) is 9.59 Å². The Bertz CT molecular complexity index is 775. The fourth-order valence-electron chi connectivity index (χ4n) is 2.30. The summed E-state index contributed by atoms with van der Waals surface area (Å²) in [5.41, 5.74) is 1.36. The van der Waals surface area contributed by atoms with Crippen molar-refractivity contribution < 1.29 is 19.4 Å². The van der Waals surface area contributed by atoms with Gasteiger partial charge < -0.3 is 15.2 Å². The van der Waals surface area contributed by atoms with Crippen molar-refractivity contribution in [1.29, 1.82) is 0 Å². The number of benzene rings is 2. The Balaban J connectivity index is 1.95. The summed E-state index contributed by atoms with van der Waals surface area (Å²) in [6.07, 6.45) is 1.72. The van der Waals surface area contributed by atoms with Crippen LogP contribution >= 0.6 is 23.2 Å². The van der Waals surface area contributed by atoms with E-state index in [1.807, 2.05) is 24.3 Å². The van der Waals surface area contributed by atoms with Crippen LogP contribution in [-0.2, 0) is 11.2 Å². The molecule has 0 saturated carbocycles. The van der Waals surface area contributed by atoms with Gasteiger partial charge in [0.25, 0.3) is 0 Å². The number of carbonyl (C=O) groups excluding carboxylic acids is 1. The Morgan fingerprint density at radius 3 is 2.44 bits per heavy atom. The molecule has 2 N–H and O–H groups in total. The molecule has 0 saturated heterocycles. The summed E-state index contributed by atoms with van der Waals surface area (Å²) in [6, 6.07) is 10.1. The van der Waals surface area contributed by atoms with Gasteiger partial charge in [-0.15, -0.1) is 0 Å². The first-order valence-electron chi connectivity index (χ1n) is 7.56. The number of aryl methyl sites for hydroxylation is 1. The number of hydrogen-bond acceptors (Lipinski definition) is 3. The smallest absolute Gasteiger partial charge is 0.339 e. The van der Waals surface area contributed by atoms with Crippen molar-refractivity contribution >= 4 is 40.8 Å². The maximum Gasteiger partial charge on any atom is 0.339 e. The van der Waals surface area contributed by atoms with E-state index in [0.29, 0.717) is 23.6 Å². The van der Waals surface area contributed by atoms with Crippen molar-refractivity contribution in [1.82, 2.24) is 0 Å². The van der Waals surface area contributed by atoms with Gasteiger partial charge in [0, 0.05) is 17.5 Å². The van der Waals surface area contributed by atoms with Crippen molar-refractivity contribution in [2.75, 3.05) is 12.4 Å². The maximum absolute atomic E-state index is 12.1. The highest BCUT2D eigenvalue weighted by atomic mass is 35.5. The first-order chi connectivity index (χ1) is 11.9. The third kappa shape index (κ3) is 5.37. The lowest BCUT2D eigenvalue weighted by atomic mass is 10.1. The second-order valence-electron chi connectivity index (χ2n) is 5.37. The molecule has 2 rings (SSSR count). The van der Waals surface area contributed by atoms with Crippen molar-refractivity contribution in [3.05, 3.63) is 57.6 Å². The summed E-state index contributed by atoms with van der Waals surface area (Å²) >= 11 is 11.9. The minimum Gasteiger partial charge on any atom is -0.496 e. The van der Waals surface area contributed by atoms with Gasteiger partial charge in [0.15, 0.2) is 0 Å². The van der Waals surface area contributed by atoms with Crippen molar-refractivity contribution in [2.24, 2.45) is 0 Å². The van der Waals surface area contributed by atoms with E-state index in [2.05, 4.69) is 5.32 Å². The molecule has 132 valence electrons. The molecular weight excluding hydrogens is 365 g/mol. The van der Waals surface area contributed by atoms with Gasteiger partial charge in [-0.05, 0) is 36.6 Å². The maximum atomic E-state index is 12.1. The van der Waals surface area contributed by atoms with Gasteiger partial charge in [-0.25, -0.2) is 4.79 Å². The number of halogens is 2. The van der Waals surface area contributed by atoms with E-state index in [1.54, 1.807) is 0 Å². The average molecular weight is 382 g/mol. The minimum atomic E-state index is -1.15. The summed E-state index contributed by atoms with van der Waals surface area (Å²) in [5, 5.41) is 12.6. The zero-order valence-corrected chi connectivity index (χ0v) is 15.0. The molecule has 0 aliphatic carbocycles. The van der Waals surface area contributed by atoms with Crippen LogP contribution in [-0.4, -0.2) is 24.1 Å². The number of carboxylic acid groups (broad SMARTS) is 1. The Kier molecular flexibility index (Phi) is 6.67. The molecule has 25 heavy (non-hydrogen) atoms. The lowest BCUT2D eigenvalue weighted by molar-refractivity contribution is -0.116.